The fourth-order valence-electron chi connectivity index (χ4n) is 5.94. The van der Waals surface area contributed by atoms with Crippen molar-refractivity contribution in [2.24, 2.45) is 17.6 Å². The fraction of sp³-hybridized carbons (Fsp3) is 0.441. The summed E-state index contributed by atoms with van der Waals surface area (Å²) >= 11 is 0. The number of rotatable bonds is 15. The Balaban J connectivity index is 1.60. The molecule has 0 aliphatic carbocycles. The van der Waals surface area contributed by atoms with Gasteiger partial charge in [0.2, 0.25) is 0 Å². The molecule has 0 spiro atoms. The van der Waals surface area contributed by atoms with Crippen molar-refractivity contribution in [3.8, 4) is 5.75 Å². The first kappa shape index (κ1) is 33.5. The van der Waals surface area contributed by atoms with Gasteiger partial charge in [-0.15, -0.1) is 0 Å². The number of hydrogen-bond acceptors (Lipinski definition) is 8. The van der Waals surface area contributed by atoms with Crippen LogP contribution < -0.4 is 21.1 Å². The van der Waals surface area contributed by atoms with E-state index in [1.54, 1.807) is 18.7 Å². The molecule has 2 aromatic carbocycles. The number of carbonyl (C=O) groups excluding carboxylic acids is 3. The molecule has 3 amide bonds. The summed E-state index contributed by atoms with van der Waals surface area (Å²) in [5, 5.41) is 17.5. The van der Waals surface area contributed by atoms with E-state index < -0.39 is 36.1 Å². The first-order valence-corrected chi connectivity index (χ1v) is 15.4. The summed E-state index contributed by atoms with van der Waals surface area (Å²) < 4.78 is 5.76. The summed E-state index contributed by atoms with van der Waals surface area (Å²) in [5.74, 6) is -1.02. The Hall–Kier alpha value is -4.35. The standard InChI is InChI=1S/C34H44N6O5/c1-21(2)31(40-16-15-36-34(40)44)32(43)26(17-24-11-7-5-8-12-24)18-27(41)30(29(35)25-13-9-6-10-14-25)39-28(42)19-45-33-22(3)37-20-38-23(33)4/h5-14,20-21,26-27,29-31,41H,15-19,35H2,1-4H3,(H,36,44)(H,39,42)/t26-,27-,29?,30+,31?/m0/s1. The molecule has 0 bridgehead atoms. The number of aryl methyl sites for hydroxylation is 2. The van der Waals surface area contributed by atoms with Gasteiger partial charge in [0.25, 0.3) is 5.91 Å². The molecule has 11 heteroatoms. The van der Waals surface area contributed by atoms with Crippen LogP contribution in [0.2, 0.25) is 0 Å². The van der Waals surface area contributed by atoms with Crippen molar-refractivity contribution in [2.45, 2.75) is 64.8 Å². The first-order valence-electron chi connectivity index (χ1n) is 15.4. The van der Waals surface area contributed by atoms with Gasteiger partial charge in [-0.3, -0.25) is 9.59 Å². The maximum Gasteiger partial charge on any atom is 0.318 e. The van der Waals surface area contributed by atoms with Crippen molar-refractivity contribution in [2.75, 3.05) is 19.7 Å². The highest BCUT2D eigenvalue weighted by molar-refractivity contribution is 5.91. The highest BCUT2D eigenvalue weighted by Gasteiger charge is 2.40. The number of nitrogens with one attached hydrogen (secondary N) is 2. The summed E-state index contributed by atoms with van der Waals surface area (Å²) in [4.78, 5) is 50.0. The van der Waals surface area contributed by atoms with Gasteiger partial charge >= 0.3 is 6.03 Å². The lowest BCUT2D eigenvalue weighted by Crippen LogP contribution is -2.53. The Kier molecular flexibility index (Phi) is 11.6. The summed E-state index contributed by atoms with van der Waals surface area (Å²) in [6.07, 6.45) is 0.594. The molecule has 0 saturated carbocycles. The SMILES string of the molecule is Cc1ncnc(C)c1OCC(=O)N[C@@H](C(N)c1ccccc1)[C@@H](O)C[C@H](Cc1ccccc1)C(=O)C(C(C)C)N1CCNC1=O. The number of ether oxygens (including phenoxy) is 1. The van der Waals surface area contributed by atoms with Crippen molar-refractivity contribution in [3.63, 3.8) is 0 Å². The van der Waals surface area contributed by atoms with Crippen molar-refractivity contribution < 1.29 is 24.2 Å². The van der Waals surface area contributed by atoms with E-state index in [1.807, 2.05) is 74.5 Å². The molecule has 1 aliphatic rings. The molecule has 2 heterocycles. The number of benzene rings is 2. The lowest BCUT2D eigenvalue weighted by molar-refractivity contribution is -0.130. The van der Waals surface area contributed by atoms with Gasteiger partial charge in [0, 0.05) is 19.0 Å². The van der Waals surface area contributed by atoms with Gasteiger partial charge in [0.15, 0.2) is 18.1 Å². The lowest BCUT2D eigenvalue weighted by atomic mass is 9.81. The number of urea groups is 1. The molecule has 240 valence electrons. The topological polar surface area (TPSA) is 160 Å². The van der Waals surface area contributed by atoms with Crippen LogP contribution in [0.5, 0.6) is 5.75 Å². The fourth-order valence-corrected chi connectivity index (χ4v) is 5.94. The summed E-state index contributed by atoms with van der Waals surface area (Å²) in [6, 6.07) is 16.1. The van der Waals surface area contributed by atoms with E-state index in [0.717, 1.165) is 5.56 Å². The van der Waals surface area contributed by atoms with Crippen LogP contribution in [-0.2, 0) is 16.0 Å². The van der Waals surface area contributed by atoms with Crippen LogP contribution in [0.3, 0.4) is 0 Å². The first-order chi connectivity index (χ1) is 21.6. The van der Waals surface area contributed by atoms with Crippen LogP contribution in [0, 0.1) is 25.7 Å². The lowest BCUT2D eigenvalue weighted by Gasteiger charge is -2.35. The molecule has 2 unspecified atom stereocenters. The van der Waals surface area contributed by atoms with Crippen LogP contribution in [0.15, 0.2) is 67.0 Å². The van der Waals surface area contributed by atoms with Gasteiger partial charge in [-0.25, -0.2) is 14.8 Å². The second-order valence-electron chi connectivity index (χ2n) is 11.9. The monoisotopic (exact) mass is 616 g/mol. The van der Waals surface area contributed by atoms with Gasteiger partial charge in [0.05, 0.1) is 35.6 Å². The maximum absolute atomic E-state index is 14.3. The molecular weight excluding hydrogens is 572 g/mol. The molecular formula is C34H44N6O5. The third-order valence-electron chi connectivity index (χ3n) is 8.22. The number of hydrogen-bond donors (Lipinski definition) is 4. The third kappa shape index (κ3) is 8.64. The quantitative estimate of drug-likeness (QED) is 0.203. The van der Waals surface area contributed by atoms with Crippen molar-refractivity contribution >= 4 is 17.7 Å². The Morgan fingerprint density at radius 1 is 1.04 bits per heavy atom. The third-order valence-corrected chi connectivity index (χ3v) is 8.22. The molecule has 0 radical (unpaired) electrons. The number of aliphatic hydroxyl groups is 1. The normalized spacial score (nSPS) is 16.4. The smallest absolute Gasteiger partial charge is 0.318 e. The molecule has 1 aliphatic heterocycles. The molecule has 11 nitrogen and oxygen atoms in total. The zero-order valence-corrected chi connectivity index (χ0v) is 26.3. The Labute approximate surface area is 264 Å². The van der Waals surface area contributed by atoms with E-state index >= 15 is 0 Å². The molecule has 1 saturated heterocycles. The minimum atomic E-state index is -1.20. The highest BCUT2D eigenvalue weighted by atomic mass is 16.5. The van der Waals surface area contributed by atoms with Gasteiger partial charge in [0.1, 0.15) is 6.33 Å². The summed E-state index contributed by atoms with van der Waals surface area (Å²) in [5.41, 5.74) is 9.53. The predicted octanol–water partition coefficient (Wildman–Crippen LogP) is 2.89. The van der Waals surface area contributed by atoms with Crippen LogP contribution in [0.1, 0.15) is 48.8 Å². The Morgan fingerprint density at radius 3 is 2.24 bits per heavy atom. The number of ketones is 1. The second kappa shape index (κ2) is 15.6. The van der Waals surface area contributed by atoms with Gasteiger partial charge in [-0.1, -0.05) is 74.5 Å². The summed E-state index contributed by atoms with van der Waals surface area (Å²) in [6.45, 7) is 7.92. The minimum Gasteiger partial charge on any atom is -0.480 e. The molecule has 1 fully saturated rings. The van der Waals surface area contributed by atoms with E-state index in [9.17, 15) is 19.5 Å². The number of amides is 3. The van der Waals surface area contributed by atoms with Crippen molar-refractivity contribution in [1.29, 1.82) is 0 Å². The molecule has 5 atom stereocenters. The Morgan fingerprint density at radius 2 is 1.67 bits per heavy atom. The summed E-state index contributed by atoms with van der Waals surface area (Å²) in [7, 11) is 0. The molecule has 45 heavy (non-hydrogen) atoms. The largest absolute Gasteiger partial charge is 0.480 e. The molecule has 3 aromatic rings. The van der Waals surface area contributed by atoms with Gasteiger partial charge < -0.3 is 31.1 Å². The van der Waals surface area contributed by atoms with E-state index in [-0.39, 0.29) is 30.8 Å². The maximum atomic E-state index is 14.3. The van der Waals surface area contributed by atoms with Gasteiger partial charge in [-0.2, -0.15) is 0 Å². The zero-order valence-electron chi connectivity index (χ0n) is 26.3. The van der Waals surface area contributed by atoms with Gasteiger partial charge in [-0.05, 0) is 43.7 Å². The van der Waals surface area contributed by atoms with Crippen LogP contribution >= 0.6 is 0 Å². The van der Waals surface area contributed by atoms with E-state index in [2.05, 4.69) is 20.6 Å². The second-order valence-corrected chi connectivity index (χ2v) is 11.9. The molecule has 1 aromatic heterocycles. The number of aromatic nitrogens is 2. The Bertz CT molecular complexity index is 1420. The zero-order chi connectivity index (χ0) is 32.5. The number of carbonyl (C=O) groups is 3. The van der Waals surface area contributed by atoms with E-state index in [4.69, 9.17) is 10.5 Å². The molecule has 5 N–H and O–H groups in total. The number of aliphatic hydroxyl groups excluding tert-OH is 1. The average molecular weight is 617 g/mol. The van der Waals surface area contributed by atoms with Crippen molar-refractivity contribution in [3.05, 3.63) is 89.5 Å². The predicted molar refractivity (Wildman–Crippen MR) is 170 cm³/mol. The molecule has 4 rings (SSSR count). The highest BCUT2D eigenvalue weighted by Crippen LogP contribution is 2.27. The van der Waals surface area contributed by atoms with Crippen LogP contribution in [0.4, 0.5) is 4.79 Å². The van der Waals surface area contributed by atoms with Crippen LogP contribution in [-0.4, -0.2) is 75.6 Å². The number of nitrogens with two attached hydrogens (primary N) is 1. The number of nitrogens with zero attached hydrogens (tertiary/aromatic N) is 3. The van der Waals surface area contributed by atoms with Crippen LogP contribution in [0.25, 0.3) is 0 Å². The van der Waals surface area contributed by atoms with E-state index in [1.165, 1.54) is 6.33 Å². The van der Waals surface area contributed by atoms with Crippen molar-refractivity contribution in [1.82, 2.24) is 25.5 Å². The van der Waals surface area contributed by atoms with E-state index in [0.29, 0.717) is 42.2 Å². The average Bonchev–Trinajstić information content (AvgIpc) is 3.44. The minimum absolute atomic E-state index is 0.0173. The number of Topliss-reactive ketones (excluding diaryl/α,β-unsaturated/α-hetero) is 1.